The minimum Gasteiger partial charge on any atom is -0.318 e. The zero-order valence-electron chi connectivity index (χ0n) is 31.0. The van der Waals surface area contributed by atoms with E-state index < -0.39 is 33.8 Å². The molecule has 0 amide bonds. The SMILES string of the molecule is CCCCC1(CCCC)c2cc(C(=O)/C(C)=N/OC(=O)C3CCCCC3)ccc2-c2c([N+](=O)[O-])cc(C(=O)/C(C)=N/OC(=O)C3CCCCC3)cc21. The highest BCUT2D eigenvalue weighted by atomic mass is 16.7. The van der Waals surface area contributed by atoms with Crippen LogP contribution in [0.4, 0.5) is 5.69 Å². The van der Waals surface area contributed by atoms with Gasteiger partial charge in [0.25, 0.3) is 5.69 Å². The molecule has 2 aromatic carbocycles. The number of oxime groups is 2. The normalized spacial score (nSPS) is 17.6. The summed E-state index contributed by atoms with van der Waals surface area (Å²) in [5, 5.41) is 20.5. The van der Waals surface area contributed by atoms with Gasteiger partial charge >= 0.3 is 11.9 Å². The van der Waals surface area contributed by atoms with Crippen molar-refractivity contribution in [2.75, 3.05) is 0 Å². The van der Waals surface area contributed by atoms with Gasteiger partial charge in [0.05, 0.1) is 22.3 Å². The van der Waals surface area contributed by atoms with Gasteiger partial charge in [-0.1, -0.05) is 100 Å². The average molecular weight is 714 g/mol. The number of hydrogen-bond acceptors (Lipinski definition) is 10. The Morgan fingerprint density at radius 1 is 0.731 bits per heavy atom. The first-order valence-corrected chi connectivity index (χ1v) is 19.1. The van der Waals surface area contributed by atoms with Crippen molar-refractivity contribution in [2.45, 2.75) is 136 Å². The molecule has 0 radical (unpaired) electrons. The molecule has 52 heavy (non-hydrogen) atoms. The number of carbonyl (C=O) groups excluding carboxylic acids is 4. The van der Waals surface area contributed by atoms with E-state index in [9.17, 15) is 29.3 Å². The van der Waals surface area contributed by atoms with Crippen molar-refractivity contribution >= 4 is 40.6 Å². The third-order valence-corrected chi connectivity index (χ3v) is 11.2. The minimum absolute atomic E-state index is 0.0325. The van der Waals surface area contributed by atoms with Crippen molar-refractivity contribution in [3.8, 4) is 11.1 Å². The zero-order chi connectivity index (χ0) is 37.4. The lowest BCUT2D eigenvalue weighted by atomic mass is 9.70. The van der Waals surface area contributed by atoms with Crippen LogP contribution in [0.3, 0.4) is 0 Å². The second-order valence-corrected chi connectivity index (χ2v) is 14.7. The van der Waals surface area contributed by atoms with Crippen molar-refractivity contribution in [2.24, 2.45) is 22.1 Å². The number of unbranched alkanes of at least 4 members (excludes halogenated alkanes) is 2. The number of fused-ring (bicyclic) bond motifs is 3. The Morgan fingerprint density at radius 2 is 1.21 bits per heavy atom. The number of carbonyl (C=O) groups is 4. The fourth-order valence-corrected chi connectivity index (χ4v) is 8.18. The maximum Gasteiger partial charge on any atom is 0.338 e. The second-order valence-electron chi connectivity index (χ2n) is 14.7. The maximum atomic E-state index is 13.8. The molecular formula is C41H51N3O8. The summed E-state index contributed by atoms with van der Waals surface area (Å²) in [6, 6.07) is 8.18. The number of nitrogens with zero attached hydrogens (tertiary/aromatic N) is 3. The van der Waals surface area contributed by atoms with E-state index in [1.807, 2.05) is 0 Å². The molecule has 2 aromatic rings. The fraction of sp³-hybridized carbons (Fsp3) is 0.561. The summed E-state index contributed by atoms with van der Waals surface area (Å²) < 4.78 is 0. The number of ketones is 2. The molecule has 0 unspecified atom stereocenters. The molecule has 2 fully saturated rings. The number of hydrogen-bond donors (Lipinski definition) is 0. The third kappa shape index (κ3) is 8.24. The van der Waals surface area contributed by atoms with Crippen molar-refractivity contribution in [3.05, 3.63) is 62.7 Å². The summed E-state index contributed by atoms with van der Waals surface area (Å²) in [5.74, 6) is -2.32. The summed E-state index contributed by atoms with van der Waals surface area (Å²) in [6.07, 6.45) is 13.6. The van der Waals surface area contributed by atoms with E-state index in [0.29, 0.717) is 35.1 Å². The van der Waals surface area contributed by atoms with Gasteiger partial charge < -0.3 is 9.68 Å². The Hall–Kier alpha value is -4.54. The molecule has 0 bridgehead atoms. The van der Waals surface area contributed by atoms with E-state index in [4.69, 9.17) is 9.68 Å². The molecule has 0 saturated heterocycles. The summed E-state index contributed by atoms with van der Waals surface area (Å²) in [7, 11) is 0. The van der Waals surface area contributed by atoms with Crippen LogP contribution in [0.5, 0.6) is 0 Å². The molecule has 3 aliphatic rings. The second kappa shape index (κ2) is 17.3. The van der Waals surface area contributed by atoms with Crippen LogP contribution < -0.4 is 0 Å². The quantitative estimate of drug-likeness (QED) is 0.0581. The molecule has 0 aromatic heterocycles. The van der Waals surface area contributed by atoms with E-state index in [1.165, 1.54) is 19.9 Å². The predicted molar refractivity (Wildman–Crippen MR) is 199 cm³/mol. The van der Waals surface area contributed by atoms with Gasteiger partial charge in [-0.05, 0) is 81.2 Å². The van der Waals surface area contributed by atoms with Crippen LogP contribution in [0.25, 0.3) is 11.1 Å². The predicted octanol–water partition coefficient (Wildman–Crippen LogP) is 9.61. The lowest BCUT2D eigenvalue weighted by Crippen LogP contribution is -2.27. The van der Waals surface area contributed by atoms with Gasteiger partial charge in [0, 0.05) is 22.6 Å². The van der Waals surface area contributed by atoms with Crippen molar-refractivity contribution in [1.82, 2.24) is 0 Å². The third-order valence-electron chi connectivity index (χ3n) is 11.2. The number of Topliss-reactive ketones (excluding diaryl/α,β-unsaturated/α-hetero) is 2. The van der Waals surface area contributed by atoms with Crippen LogP contribution in [0.15, 0.2) is 40.6 Å². The highest BCUT2D eigenvalue weighted by molar-refractivity contribution is 6.45. The largest absolute Gasteiger partial charge is 0.338 e. The van der Waals surface area contributed by atoms with Crippen molar-refractivity contribution in [3.63, 3.8) is 0 Å². The molecule has 0 spiro atoms. The van der Waals surface area contributed by atoms with E-state index >= 15 is 0 Å². The van der Waals surface area contributed by atoms with Gasteiger partial charge in [-0.25, -0.2) is 9.59 Å². The zero-order valence-corrected chi connectivity index (χ0v) is 31.0. The van der Waals surface area contributed by atoms with Crippen LogP contribution in [0, 0.1) is 22.0 Å². The molecular weight excluding hydrogens is 662 g/mol. The first-order chi connectivity index (χ1) is 25.0. The molecule has 11 nitrogen and oxygen atoms in total. The molecule has 0 N–H and O–H groups in total. The summed E-state index contributed by atoms with van der Waals surface area (Å²) >= 11 is 0. The van der Waals surface area contributed by atoms with Crippen LogP contribution in [0.2, 0.25) is 0 Å². The standard InChI is InChI=1S/C41H51N3O8/c1-5-7-21-41(22-8-6-2)33-23-30(37(45)26(3)42-51-39(47)28-15-11-9-12-16-28)19-20-32(33)36-34(41)24-31(25-35(36)44(49)50)38(46)27(4)43-52-40(48)29-17-13-10-14-18-29/h19-20,23-25,28-29H,5-18,21-22H2,1-4H3/b42-26+,43-27+. The lowest BCUT2D eigenvalue weighted by Gasteiger charge is -2.33. The molecule has 0 aliphatic heterocycles. The molecule has 278 valence electrons. The maximum absolute atomic E-state index is 13.8. The summed E-state index contributed by atoms with van der Waals surface area (Å²) in [5.41, 5.74) is 2.00. The topological polar surface area (TPSA) is 155 Å². The average Bonchev–Trinajstić information content (AvgIpc) is 3.45. The van der Waals surface area contributed by atoms with Gasteiger partial charge in [0.2, 0.25) is 11.6 Å². The minimum atomic E-state index is -0.717. The highest BCUT2D eigenvalue weighted by Crippen LogP contribution is 2.57. The molecule has 11 heteroatoms. The van der Waals surface area contributed by atoms with Crippen LogP contribution in [-0.4, -0.2) is 39.9 Å². The van der Waals surface area contributed by atoms with Crippen molar-refractivity contribution in [1.29, 1.82) is 0 Å². The molecule has 5 rings (SSSR count). The van der Waals surface area contributed by atoms with Gasteiger partial charge in [-0.15, -0.1) is 0 Å². The Labute approximate surface area is 305 Å². The van der Waals surface area contributed by atoms with Gasteiger partial charge in [-0.2, -0.15) is 0 Å². The highest BCUT2D eigenvalue weighted by Gasteiger charge is 2.46. The van der Waals surface area contributed by atoms with E-state index in [2.05, 4.69) is 24.2 Å². The monoisotopic (exact) mass is 713 g/mol. The number of benzene rings is 2. The van der Waals surface area contributed by atoms with E-state index in [0.717, 1.165) is 95.5 Å². The molecule has 3 aliphatic carbocycles. The number of nitro benzene ring substituents is 1. The van der Waals surface area contributed by atoms with Gasteiger partial charge in [0.15, 0.2) is 0 Å². The first-order valence-electron chi connectivity index (χ1n) is 19.1. The van der Waals surface area contributed by atoms with Crippen LogP contribution >= 0.6 is 0 Å². The Kier molecular flexibility index (Phi) is 12.9. The van der Waals surface area contributed by atoms with Gasteiger partial charge in [0.1, 0.15) is 11.4 Å². The Balaban J connectivity index is 1.53. The lowest BCUT2D eigenvalue weighted by molar-refractivity contribution is -0.384. The van der Waals surface area contributed by atoms with E-state index in [1.54, 1.807) is 24.3 Å². The summed E-state index contributed by atoms with van der Waals surface area (Å²) in [4.78, 5) is 75.5. The first kappa shape index (κ1) is 38.7. The molecule has 0 atom stereocenters. The summed E-state index contributed by atoms with van der Waals surface area (Å²) in [6.45, 7) is 7.11. The van der Waals surface area contributed by atoms with Gasteiger partial charge in [-0.3, -0.25) is 19.7 Å². The molecule has 0 heterocycles. The smallest absolute Gasteiger partial charge is 0.318 e. The Morgan fingerprint density at radius 3 is 1.69 bits per heavy atom. The number of rotatable bonds is 15. The van der Waals surface area contributed by atoms with Crippen LogP contribution in [-0.2, 0) is 24.7 Å². The van der Waals surface area contributed by atoms with Crippen molar-refractivity contribution < 1.29 is 33.8 Å². The number of nitro groups is 1. The Bertz CT molecular complexity index is 1760. The molecule has 2 saturated carbocycles. The fourth-order valence-electron chi connectivity index (χ4n) is 8.18. The van der Waals surface area contributed by atoms with Crippen LogP contribution in [0.1, 0.15) is 162 Å². The van der Waals surface area contributed by atoms with E-state index in [-0.39, 0.29) is 34.5 Å².